The van der Waals surface area contributed by atoms with Gasteiger partial charge < -0.3 is 20.1 Å². The average molecular weight is 412 g/mol. The Balaban J connectivity index is 1.37. The van der Waals surface area contributed by atoms with Crippen LogP contribution in [0.4, 0.5) is 16.3 Å². The Hall–Kier alpha value is -2.77. The van der Waals surface area contributed by atoms with Gasteiger partial charge in [-0.25, -0.2) is 9.78 Å². The molecule has 0 radical (unpaired) electrons. The van der Waals surface area contributed by atoms with E-state index in [1.807, 2.05) is 18.2 Å². The van der Waals surface area contributed by atoms with Crippen molar-refractivity contribution in [3.05, 3.63) is 30.1 Å². The van der Waals surface area contributed by atoms with Crippen LogP contribution in [0, 0.1) is 0 Å². The molecule has 3 N–H and O–H groups in total. The van der Waals surface area contributed by atoms with E-state index in [4.69, 9.17) is 9.47 Å². The van der Waals surface area contributed by atoms with Gasteiger partial charge >= 0.3 is 6.09 Å². The molecule has 5 rings (SSSR count). The maximum Gasteiger partial charge on any atom is 0.407 e. The Kier molecular flexibility index (Phi) is 5.23. The van der Waals surface area contributed by atoms with Crippen LogP contribution in [0.25, 0.3) is 0 Å². The molecule has 6 bridgehead atoms. The van der Waals surface area contributed by atoms with Gasteiger partial charge in [-0.15, -0.1) is 0 Å². The van der Waals surface area contributed by atoms with Crippen LogP contribution in [0.5, 0.6) is 5.88 Å². The number of rotatable bonds is 0. The molecule has 3 aliphatic rings. The summed E-state index contributed by atoms with van der Waals surface area (Å²) in [6.45, 7) is 0.561. The first-order valence-corrected chi connectivity index (χ1v) is 11.1. The van der Waals surface area contributed by atoms with Crippen LogP contribution in [0.15, 0.2) is 24.4 Å². The Bertz CT molecular complexity index is 892. The fraction of sp³-hybridized carbons (Fsp3) is 0.591. The van der Waals surface area contributed by atoms with E-state index in [1.165, 1.54) is 0 Å². The zero-order chi connectivity index (χ0) is 20.4. The van der Waals surface area contributed by atoms with E-state index in [1.54, 1.807) is 6.20 Å². The number of hydrogen-bond donors (Lipinski definition) is 3. The predicted octanol–water partition coefficient (Wildman–Crippen LogP) is 4.40. The average Bonchev–Trinajstić information content (AvgIpc) is 3.47. The smallest absolute Gasteiger partial charge is 0.407 e. The number of alkyl carbamates (subject to hydrolysis) is 1. The van der Waals surface area contributed by atoms with Gasteiger partial charge in [0.2, 0.25) is 5.88 Å². The Labute approximate surface area is 176 Å². The lowest BCUT2D eigenvalue weighted by Crippen LogP contribution is -2.47. The van der Waals surface area contributed by atoms with Crippen LogP contribution in [-0.4, -0.2) is 39.5 Å². The van der Waals surface area contributed by atoms with Gasteiger partial charge in [0.05, 0.1) is 6.61 Å². The fourth-order valence-electron chi connectivity index (χ4n) is 5.13. The molecule has 8 nitrogen and oxygen atoms in total. The number of aromatic amines is 1. The van der Waals surface area contributed by atoms with E-state index in [-0.39, 0.29) is 17.7 Å². The van der Waals surface area contributed by atoms with Gasteiger partial charge in [-0.1, -0.05) is 12.8 Å². The molecule has 2 atom stereocenters. The summed E-state index contributed by atoms with van der Waals surface area (Å²) in [6.07, 6.45) is 10.2. The topological polar surface area (TPSA) is 101 Å². The normalized spacial score (nSPS) is 26.1. The van der Waals surface area contributed by atoms with E-state index in [2.05, 4.69) is 25.8 Å². The molecule has 0 aromatic carbocycles. The number of carbonyl (C=O) groups is 1. The number of anilines is 2. The Morgan fingerprint density at radius 3 is 2.87 bits per heavy atom. The molecule has 0 unspecified atom stereocenters. The number of amides is 1. The molecule has 2 saturated carbocycles. The molecule has 0 saturated heterocycles. The maximum atomic E-state index is 12.7. The van der Waals surface area contributed by atoms with Crippen molar-refractivity contribution >= 4 is 17.6 Å². The second-order valence-electron chi connectivity index (χ2n) is 8.82. The summed E-state index contributed by atoms with van der Waals surface area (Å²) in [5, 5.41) is 14.1. The van der Waals surface area contributed by atoms with E-state index in [0.29, 0.717) is 18.4 Å². The third-order valence-corrected chi connectivity index (χ3v) is 6.68. The second-order valence-corrected chi connectivity index (χ2v) is 8.82. The molecule has 30 heavy (non-hydrogen) atoms. The third kappa shape index (κ3) is 4.22. The highest BCUT2D eigenvalue weighted by Crippen LogP contribution is 2.37. The van der Waals surface area contributed by atoms with Gasteiger partial charge in [0.25, 0.3) is 0 Å². The van der Waals surface area contributed by atoms with Crippen molar-refractivity contribution in [3.63, 3.8) is 0 Å². The van der Waals surface area contributed by atoms with Crippen LogP contribution in [0.1, 0.15) is 69.4 Å². The van der Waals surface area contributed by atoms with Gasteiger partial charge in [-0.3, -0.25) is 5.10 Å². The first-order chi connectivity index (χ1) is 14.7. The SMILES string of the molecule is O=C1NC2(CCCC2)CCCOc2cc(ccn2)Nc2cc([nH]n2)[C@H]2CC[C@H](C2)O1. The third-order valence-electron chi connectivity index (χ3n) is 6.68. The molecule has 2 aromatic rings. The summed E-state index contributed by atoms with van der Waals surface area (Å²) in [7, 11) is 0. The highest BCUT2D eigenvalue weighted by molar-refractivity contribution is 5.68. The van der Waals surface area contributed by atoms with E-state index >= 15 is 0 Å². The minimum Gasteiger partial charge on any atom is -0.478 e. The Morgan fingerprint density at radius 2 is 1.97 bits per heavy atom. The molecular formula is C22H29N5O3. The van der Waals surface area contributed by atoms with Crippen molar-refractivity contribution < 1.29 is 14.3 Å². The molecule has 160 valence electrons. The van der Waals surface area contributed by atoms with Gasteiger partial charge in [-0.05, 0) is 51.0 Å². The molecule has 8 heteroatoms. The summed E-state index contributed by atoms with van der Waals surface area (Å²) in [5.74, 6) is 1.67. The standard InChI is InChI=1S/C22H29N5O3/c28-21-25-22(7-1-2-8-22)9-3-11-29-20-13-16(6-10-23-20)24-19-14-18(26-27-19)15-4-5-17(12-15)30-21/h6,10,13-15,17H,1-5,7-9,11-12H2,(H,25,28)(H2,24,26,27)/t15-,17+/m0/s1. The van der Waals surface area contributed by atoms with Gasteiger partial charge in [0.1, 0.15) is 6.10 Å². The summed E-state index contributed by atoms with van der Waals surface area (Å²) < 4.78 is 11.7. The minimum absolute atomic E-state index is 0.0434. The quantitative estimate of drug-likeness (QED) is 0.594. The Morgan fingerprint density at radius 1 is 1.10 bits per heavy atom. The number of ether oxygens (including phenoxy) is 2. The van der Waals surface area contributed by atoms with Gasteiger partial charge in [-0.2, -0.15) is 5.10 Å². The summed E-state index contributed by atoms with van der Waals surface area (Å²) in [6, 6.07) is 5.83. The van der Waals surface area contributed by atoms with Crippen LogP contribution >= 0.6 is 0 Å². The van der Waals surface area contributed by atoms with E-state index in [9.17, 15) is 4.79 Å². The highest BCUT2D eigenvalue weighted by atomic mass is 16.6. The van der Waals surface area contributed by atoms with Gasteiger partial charge in [0, 0.05) is 41.2 Å². The monoisotopic (exact) mass is 411 g/mol. The van der Waals surface area contributed by atoms with Crippen LogP contribution in [0.3, 0.4) is 0 Å². The fourth-order valence-corrected chi connectivity index (χ4v) is 5.13. The highest BCUT2D eigenvalue weighted by Gasteiger charge is 2.37. The molecule has 1 aliphatic heterocycles. The van der Waals surface area contributed by atoms with E-state index in [0.717, 1.165) is 75.0 Å². The second kappa shape index (κ2) is 8.16. The number of hydrogen-bond acceptors (Lipinski definition) is 6. The van der Waals surface area contributed by atoms with Crippen molar-refractivity contribution in [1.29, 1.82) is 0 Å². The molecule has 2 fully saturated rings. The molecule has 1 spiro atoms. The number of nitrogens with one attached hydrogen (secondary N) is 3. The molecule has 2 aromatic heterocycles. The first-order valence-electron chi connectivity index (χ1n) is 11.1. The van der Waals surface area contributed by atoms with Crippen molar-refractivity contribution in [2.75, 3.05) is 11.9 Å². The molecule has 3 heterocycles. The number of pyridine rings is 1. The van der Waals surface area contributed by atoms with Crippen molar-refractivity contribution in [1.82, 2.24) is 20.5 Å². The first kappa shape index (κ1) is 19.2. The lowest BCUT2D eigenvalue weighted by Gasteiger charge is -2.30. The van der Waals surface area contributed by atoms with Crippen LogP contribution in [-0.2, 0) is 4.74 Å². The molecule has 2 aliphatic carbocycles. The lowest BCUT2D eigenvalue weighted by atomic mass is 9.92. The number of nitrogens with zero attached hydrogens (tertiary/aromatic N) is 2. The molecule has 1 amide bonds. The van der Waals surface area contributed by atoms with Crippen molar-refractivity contribution in [2.24, 2.45) is 0 Å². The summed E-state index contributed by atoms with van der Waals surface area (Å²) in [4.78, 5) is 17.0. The number of aromatic nitrogens is 3. The van der Waals surface area contributed by atoms with E-state index < -0.39 is 0 Å². The maximum absolute atomic E-state index is 12.7. The van der Waals surface area contributed by atoms with Crippen molar-refractivity contribution in [3.8, 4) is 5.88 Å². The number of fused-ring (bicyclic) bond motifs is 7. The zero-order valence-electron chi connectivity index (χ0n) is 17.2. The predicted molar refractivity (Wildman–Crippen MR) is 112 cm³/mol. The molecular weight excluding hydrogens is 382 g/mol. The number of H-pyrrole nitrogens is 1. The summed E-state index contributed by atoms with van der Waals surface area (Å²) >= 11 is 0. The van der Waals surface area contributed by atoms with Crippen LogP contribution < -0.4 is 15.4 Å². The van der Waals surface area contributed by atoms with Crippen LogP contribution in [0.2, 0.25) is 0 Å². The minimum atomic E-state index is -0.272. The number of carbonyl (C=O) groups excluding carboxylic acids is 1. The van der Waals surface area contributed by atoms with Gasteiger partial charge in [0.15, 0.2) is 5.82 Å². The summed E-state index contributed by atoms with van der Waals surface area (Å²) in [5.41, 5.74) is 1.80. The van der Waals surface area contributed by atoms with Crippen molar-refractivity contribution in [2.45, 2.75) is 75.3 Å². The zero-order valence-corrected chi connectivity index (χ0v) is 17.2. The lowest BCUT2D eigenvalue weighted by molar-refractivity contribution is 0.0882. The largest absolute Gasteiger partial charge is 0.478 e.